The third kappa shape index (κ3) is 5.33. The van der Waals surface area contributed by atoms with Crippen LogP contribution in [0.1, 0.15) is 12.5 Å². The van der Waals surface area contributed by atoms with E-state index in [2.05, 4.69) is 5.32 Å². The van der Waals surface area contributed by atoms with Crippen LogP contribution in [0, 0.1) is 11.3 Å². The van der Waals surface area contributed by atoms with Crippen molar-refractivity contribution in [2.45, 2.75) is 11.8 Å². The molecule has 0 spiro atoms. The molecule has 2 rings (SSSR count). The molecule has 9 heteroatoms. The molecule has 0 bridgehead atoms. The molecule has 0 atom stereocenters. The number of sulfonamides is 1. The SMILES string of the molecule is CCOc1cc(/C=C(/C#N)C(=O)Nc2ccc(S(N)(=O)=O)cc2)ccc1OC. The zero-order valence-electron chi connectivity index (χ0n) is 15.3. The number of anilines is 1. The van der Waals surface area contributed by atoms with E-state index in [1.807, 2.05) is 13.0 Å². The Kier molecular flexibility index (Phi) is 6.76. The lowest BCUT2D eigenvalue weighted by Gasteiger charge is -2.10. The van der Waals surface area contributed by atoms with Gasteiger partial charge >= 0.3 is 0 Å². The molecule has 2 aromatic carbocycles. The predicted octanol–water partition coefficient (Wildman–Crippen LogP) is 2.29. The number of nitrogens with one attached hydrogen (secondary N) is 1. The molecule has 0 aliphatic rings. The van der Waals surface area contributed by atoms with Gasteiger partial charge < -0.3 is 14.8 Å². The number of amides is 1. The molecule has 0 radical (unpaired) electrons. The van der Waals surface area contributed by atoms with E-state index >= 15 is 0 Å². The second-order valence-corrected chi connectivity index (χ2v) is 7.10. The Morgan fingerprint density at radius 2 is 1.89 bits per heavy atom. The minimum Gasteiger partial charge on any atom is -0.493 e. The lowest BCUT2D eigenvalue weighted by molar-refractivity contribution is -0.112. The van der Waals surface area contributed by atoms with Crippen LogP contribution in [0.4, 0.5) is 5.69 Å². The van der Waals surface area contributed by atoms with Crippen LogP contribution >= 0.6 is 0 Å². The molecule has 0 aliphatic carbocycles. The number of nitriles is 1. The molecule has 0 unspecified atom stereocenters. The molecule has 1 amide bonds. The van der Waals surface area contributed by atoms with E-state index in [4.69, 9.17) is 14.6 Å². The number of nitrogens with zero attached hydrogens (tertiary/aromatic N) is 1. The number of methoxy groups -OCH3 is 1. The van der Waals surface area contributed by atoms with Crippen LogP contribution in [0.5, 0.6) is 11.5 Å². The molecule has 3 N–H and O–H groups in total. The predicted molar refractivity (Wildman–Crippen MR) is 104 cm³/mol. The molecule has 0 saturated heterocycles. The average molecular weight is 401 g/mol. The number of carbonyl (C=O) groups is 1. The highest BCUT2D eigenvalue weighted by atomic mass is 32.2. The number of hydrogen-bond donors (Lipinski definition) is 2. The van der Waals surface area contributed by atoms with Gasteiger partial charge in [0.2, 0.25) is 10.0 Å². The van der Waals surface area contributed by atoms with E-state index in [1.54, 1.807) is 18.2 Å². The Hall–Kier alpha value is -3.35. The maximum Gasteiger partial charge on any atom is 0.266 e. The van der Waals surface area contributed by atoms with Crippen LogP contribution in [-0.2, 0) is 14.8 Å². The zero-order valence-corrected chi connectivity index (χ0v) is 16.1. The number of nitrogens with two attached hydrogens (primary N) is 1. The first-order valence-electron chi connectivity index (χ1n) is 8.15. The summed E-state index contributed by atoms with van der Waals surface area (Å²) in [6.45, 7) is 2.26. The minimum atomic E-state index is -3.82. The highest BCUT2D eigenvalue weighted by molar-refractivity contribution is 7.89. The van der Waals surface area contributed by atoms with Crippen molar-refractivity contribution in [2.75, 3.05) is 19.0 Å². The summed E-state index contributed by atoms with van der Waals surface area (Å²) < 4.78 is 33.2. The van der Waals surface area contributed by atoms with Gasteiger partial charge in [-0.25, -0.2) is 13.6 Å². The first kappa shape index (κ1) is 21.0. The van der Waals surface area contributed by atoms with E-state index < -0.39 is 15.9 Å². The molecule has 8 nitrogen and oxygen atoms in total. The first-order chi connectivity index (χ1) is 13.3. The average Bonchev–Trinajstić information content (AvgIpc) is 2.66. The Morgan fingerprint density at radius 3 is 2.43 bits per heavy atom. The van der Waals surface area contributed by atoms with Crippen molar-refractivity contribution < 1.29 is 22.7 Å². The van der Waals surface area contributed by atoms with Crippen LogP contribution in [0.25, 0.3) is 6.08 Å². The second kappa shape index (κ2) is 9.03. The molecule has 146 valence electrons. The number of rotatable bonds is 7. The van der Waals surface area contributed by atoms with Crippen molar-refractivity contribution >= 4 is 27.7 Å². The smallest absolute Gasteiger partial charge is 0.266 e. The van der Waals surface area contributed by atoms with Crippen LogP contribution < -0.4 is 19.9 Å². The zero-order chi connectivity index (χ0) is 20.7. The largest absolute Gasteiger partial charge is 0.493 e. The van der Waals surface area contributed by atoms with Crippen LogP contribution in [-0.4, -0.2) is 28.0 Å². The summed E-state index contributed by atoms with van der Waals surface area (Å²) in [6, 6.07) is 12.2. The van der Waals surface area contributed by atoms with Crippen LogP contribution in [0.15, 0.2) is 52.9 Å². The highest BCUT2D eigenvalue weighted by Gasteiger charge is 2.12. The van der Waals surface area contributed by atoms with Gasteiger partial charge in [-0.1, -0.05) is 6.07 Å². The van der Waals surface area contributed by atoms with Gasteiger partial charge in [-0.05, 0) is 55.0 Å². The normalized spacial score (nSPS) is 11.4. The topological polar surface area (TPSA) is 132 Å². The number of benzene rings is 2. The first-order valence-corrected chi connectivity index (χ1v) is 9.70. The molecule has 0 fully saturated rings. The monoisotopic (exact) mass is 401 g/mol. The van der Waals surface area contributed by atoms with E-state index in [1.165, 1.54) is 37.5 Å². The molecule has 0 aromatic heterocycles. The Balaban J connectivity index is 2.23. The fraction of sp³-hybridized carbons (Fsp3) is 0.158. The van der Waals surface area contributed by atoms with Gasteiger partial charge in [0.15, 0.2) is 11.5 Å². The summed E-state index contributed by atoms with van der Waals surface area (Å²) in [6.07, 6.45) is 1.41. The molecule has 0 heterocycles. The van der Waals surface area contributed by atoms with Crippen molar-refractivity contribution in [1.82, 2.24) is 0 Å². The van der Waals surface area contributed by atoms with Crippen molar-refractivity contribution in [1.29, 1.82) is 5.26 Å². The molecule has 0 saturated carbocycles. The highest BCUT2D eigenvalue weighted by Crippen LogP contribution is 2.29. The fourth-order valence-corrected chi connectivity index (χ4v) is 2.81. The van der Waals surface area contributed by atoms with Gasteiger partial charge in [-0.15, -0.1) is 0 Å². The van der Waals surface area contributed by atoms with Crippen LogP contribution in [0.2, 0.25) is 0 Å². The summed E-state index contributed by atoms with van der Waals surface area (Å²) in [5, 5.41) is 16.9. The summed E-state index contributed by atoms with van der Waals surface area (Å²) >= 11 is 0. The summed E-state index contributed by atoms with van der Waals surface area (Å²) in [5.74, 6) is 0.395. The van der Waals surface area contributed by atoms with Gasteiger partial charge in [-0.2, -0.15) is 5.26 Å². The van der Waals surface area contributed by atoms with E-state index in [-0.39, 0.29) is 10.5 Å². The van der Waals surface area contributed by atoms with Crippen molar-refractivity contribution in [3.63, 3.8) is 0 Å². The Bertz CT molecular complexity index is 1040. The maximum atomic E-state index is 12.4. The quantitative estimate of drug-likeness (QED) is 0.540. The lowest BCUT2D eigenvalue weighted by Crippen LogP contribution is -2.14. The number of hydrogen-bond acceptors (Lipinski definition) is 6. The number of primary sulfonamides is 1. The molecular formula is C19H19N3O5S. The molecule has 2 aromatic rings. The van der Waals surface area contributed by atoms with Gasteiger partial charge in [0, 0.05) is 5.69 Å². The maximum absolute atomic E-state index is 12.4. The van der Waals surface area contributed by atoms with Crippen molar-refractivity contribution in [3.8, 4) is 17.6 Å². The van der Waals surface area contributed by atoms with Gasteiger partial charge in [-0.3, -0.25) is 4.79 Å². The number of ether oxygens (including phenoxy) is 2. The fourth-order valence-electron chi connectivity index (χ4n) is 2.29. The van der Waals surface area contributed by atoms with E-state index in [9.17, 15) is 18.5 Å². The Morgan fingerprint density at radius 1 is 1.21 bits per heavy atom. The van der Waals surface area contributed by atoms with Crippen molar-refractivity contribution in [2.24, 2.45) is 5.14 Å². The van der Waals surface area contributed by atoms with Crippen molar-refractivity contribution in [3.05, 3.63) is 53.6 Å². The molecular weight excluding hydrogens is 382 g/mol. The lowest BCUT2D eigenvalue weighted by atomic mass is 10.1. The number of carbonyl (C=O) groups excluding carboxylic acids is 1. The Labute approximate surface area is 163 Å². The molecule has 0 aliphatic heterocycles. The van der Waals surface area contributed by atoms with Gasteiger partial charge in [0.05, 0.1) is 18.6 Å². The summed E-state index contributed by atoms with van der Waals surface area (Å²) in [7, 11) is -2.31. The second-order valence-electron chi connectivity index (χ2n) is 5.54. The third-order valence-electron chi connectivity index (χ3n) is 3.60. The van der Waals surface area contributed by atoms with E-state index in [0.717, 1.165) is 0 Å². The third-order valence-corrected chi connectivity index (χ3v) is 4.53. The van der Waals surface area contributed by atoms with Gasteiger partial charge in [0.1, 0.15) is 11.6 Å². The standard InChI is InChI=1S/C19H19N3O5S/c1-3-27-18-11-13(4-9-17(18)26-2)10-14(12-20)19(23)22-15-5-7-16(8-6-15)28(21,24)25/h4-11H,3H2,1-2H3,(H,22,23)(H2,21,24,25)/b14-10-. The van der Waals surface area contributed by atoms with Gasteiger partial charge in [0.25, 0.3) is 5.91 Å². The minimum absolute atomic E-state index is 0.0803. The van der Waals surface area contributed by atoms with Crippen LogP contribution in [0.3, 0.4) is 0 Å². The molecule has 28 heavy (non-hydrogen) atoms. The summed E-state index contributed by atoms with van der Waals surface area (Å²) in [4.78, 5) is 12.3. The summed E-state index contributed by atoms with van der Waals surface area (Å²) in [5.41, 5.74) is 0.770. The van der Waals surface area contributed by atoms with E-state index in [0.29, 0.717) is 29.4 Å².